The highest BCUT2D eigenvalue weighted by molar-refractivity contribution is 7.99. The second-order valence-electron chi connectivity index (χ2n) is 7.03. The molecule has 0 aliphatic heterocycles. The molecule has 0 aromatic carbocycles. The third-order valence-corrected chi connectivity index (χ3v) is 6.78. The van der Waals surface area contributed by atoms with Crippen LogP contribution in [0.3, 0.4) is 0 Å². The average Bonchev–Trinajstić information content (AvgIpc) is 3.06. The quantitative estimate of drug-likeness (QED) is 0.388. The molecule has 1 saturated carbocycles. The minimum Gasteiger partial charge on any atom is -0.348 e. The molecule has 0 amide bonds. The van der Waals surface area contributed by atoms with E-state index in [1.165, 1.54) is 11.8 Å². The molecule has 7 heteroatoms. The first-order valence-electron chi connectivity index (χ1n) is 9.41. The van der Waals surface area contributed by atoms with Crippen molar-refractivity contribution in [3.63, 3.8) is 0 Å². The normalized spacial score (nSPS) is 14.0. The van der Waals surface area contributed by atoms with Crippen LogP contribution in [0.5, 0.6) is 0 Å². The van der Waals surface area contributed by atoms with Crippen LogP contribution in [0.1, 0.15) is 54.0 Å². The largest absolute Gasteiger partial charge is 0.348 e. The summed E-state index contributed by atoms with van der Waals surface area (Å²) < 4.78 is 4.46. The minimum absolute atomic E-state index is 0.165. The second kappa shape index (κ2) is 7.64. The van der Waals surface area contributed by atoms with E-state index in [1.807, 2.05) is 19.1 Å². The number of ketones is 1. The van der Waals surface area contributed by atoms with Crippen molar-refractivity contribution in [3.05, 3.63) is 40.5 Å². The summed E-state index contributed by atoms with van der Waals surface area (Å²) >= 11 is 3.19. The van der Waals surface area contributed by atoms with Gasteiger partial charge in [0.1, 0.15) is 0 Å². The maximum atomic E-state index is 12.9. The molecule has 1 aliphatic carbocycles. The maximum Gasteiger partial charge on any atom is 0.192 e. The Morgan fingerprint density at radius 3 is 2.81 bits per heavy atom. The highest BCUT2D eigenvalue weighted by Crippen LogP contribution is 2.41. The van der Waals surface area contributed by atoms with Gasteiger partial charge >= 0.3 is 0 Å². The lowest BCUT2D eigenvalue weighted by molar-refractivity contribution is 0.102. The molecule has 27 heavy (non-hydrogen) atoms. The first kappa shape index (κ1) is 18.5. The third kappa shape index (κ3) is 3.62. The molecule has 0 saturated heterocycles. The van der Waals surface area contributed by atoms with Crippen LogP contribution in [0, 0.1) is 13.8 Å². The van der Waals surface area contributed by atoms with Crippen molar-refractivity contribution < 1.29 is 4.79 Å². The molecule has 142 valence electrons. The van der Waals surface area contributed by atoms with Crippen molar-refractivity contribution in [1.29, 1.82) is 0 Å². The third-order valence-electron chi connectivity index (χ3n) is 4.97. The smallest absolute Gasteiger partial charge is 0.192 e. The lowest BCUT2D eigenvalue weighted by Gasteiger charge is -2.08. The van der Waals surface area contributed by atoms with Gasteiger partial charge in [-0.1, -0.05) is 24.8 Å². The van der Waals surface area contributed by atoms with Gasteiger partial charge in [0.15, 0.2) is 16.8 Å². The van der Waals surface area contributed by atoms with Crippen LogP contribution < -0.4 is 0 Å². The molecule has 3 aromatic rings. The Hall–Kier alpha value is -1.86. The molecule has 1 fully saturated rings. The van der Waals surface area contributed by atoms with Gasteiger partial charge in [0, 0.05) is 29.5 Å². The summed E-state index contributed by atoms with van der Waals surface area (Å²) in [5.74, 6) is 1.49. The molecular weight excluding hydrogens is 376 g/mol. The Morgan fingerprint density at radius 1 is 1.33 bits per heavy atom. The summed E-state index contributed by atoms with van der Waals surface area (Å²) in [5.41, 5.74) is 3.07. The molecule has 3 aromatic heterocycles. The van der Waals surface area contributed by atoms with Crippen molar-refractivity contribution in [3.8, 4) is 10.7 Å². The van der Waals surface area contributed by atoms with Gasteiger partial charge in [-0.15, -0.1) is 21.5 Å². The average molecular weight is 401 g/mol. The summed E-state index contributed by atoms with van der Waals surface area (Å²) in [6, 6.07) is 6.62. The van der Waals surface area contributed by atoms with Gasteiger partial charge in [-0.25, -0.2) is 0 Å². The Morgan fingerprint density at radius 2 is 2.15 bits per heavy atom. The van der Waals surface area contributed by atoms with E-state index < -0.39 is 0 Å². The summed E-state index contributed by atoms with van der Waals surface area (Å²) in [6.45, 7) is 7.23. The molecule has 0 bridgehead atoms. The molecule has 0 radical (unpaired) electrons. The van der Waals surface area contributed by atoms with Crippen LogP contribution in [0.25, 0.3) is 10.7 Å². The van der Waals surface area contributed by atoms with Gasteiger partial charge in [-0.05, 0) is 50.6 Å². The molecule has 0 unspecified atom stereocenters. The second-order valence-corrected chi connectivity index (χ2v) is 8.92. The number of thiophene rings is 1. The topological polar surface area (TPSA) is 52.7 Å². The van der Waals surface area contributed by atoms with Crippen LogP contribution in [-0.4, -0.2) is 30.9 Å². The molecule has 3 heterocycles. The molecular formula is C20H24N4OS2. The number of nitrogens with zero attached hydrogens (tertiary/aromatic N) is 4. The standard InChI is InChI=1S/C20H24N4OS2/c1-4-9-23-13(2)11-16(14(23)3)17(25)12-27-20-22-21-19(18-6-5-10-26-18)24(20)15-7-8-15/h5-6,10-11,15H,4,7-9,12H2,1-3H3. The number of rotatable bonds is 8. The lowest BCUT2D eigenvalue weighted by Crippen LogP contribution is -2.07. The van der Waals surface area contributed by atoms with E-state index in [1.54, 1.807) is 11.3 Å². The Bertz CT molecular complexity index is 951. The van der Waals surface area contributed by atoms with Gasteiger partial charge in [-0.2, -0.15) is 0 Å². The fourth-order valence-electron chi connectivity index (χ4n) is 3.47. The number of carbonyl (C=O) groups is 1. The van der Waals surface area contributed by atoms with E-state index in [0.717, 1.165) is 58.6 Å². The fourth-order valence-corrected chi connectivity index (χ4v) is 5.06. The maximum absolute atomic E-state index is 12.9. The van der Waals surface area contributed by atoms with Crippen LogP contribution in [-0.2, 0) is 6.54 Å². The molecule has 4 rings (SSSR count). The first-order chi connectivity index (χ1) is 13.1. The van der Waals surface area contributed by atoms with Crippen molar-refractivity contribution >= 4 is 28.9 Å². The summed E-state index contributed by atoms with van der Waals surface area (Å²) in [6.07, 6.45) is 3.39. The number of hydrogen-bond donors (Lipinski definition) is 0. The van der Waals surface area contributed by atoms with Crippen LogP contribution in [0.2, 0.25) is 0 Å². The Labute approximate surface area is 167 Å². The van der Waals surface area contributed by atoms with Crippen molar-refractivity contribution in [2.75, 3.05) is 5.75 Å². The van der Waals surface area contributed by atoms with E-state index in [0.29, 0.717) is 11.8 Å². The number of thioether (sulfide) groups is 1. The van der Waals surface area contributed by atoms with Gasteiger partial charge in [-0.3, -0.25) is 9.36 Å². The first-order valence-corrected chi connectivity index (χ1v) is 11.3. The fraction of sp³-hybridized carbons (Fsp3) is 0.450. The molecule has 5 nitrogen and oxygen atoms in total. The highest BCUT2D eigenvalue weighted by atomic mass is 32.2. The van der Waals surface area contributed by atoms with Crippen LogP contribution >= 0.6 is 23.1 Å². The SMILES string of the molecule is CCCn1c(C)cc(C(=O)CSc2nnc(-c3cccs3)n2C2CC2)c1C. The van der Waals surface area contributed by atoms with Crippen molar-refractivity contribution in [1.82, 2.24) is 19.3 Å². The number of aromatic nitrogens is 4. The number of Topliss-reactive ketones (excluding diaryl/α,β-unsaturated/α-hetero) is 1. The number of aryl methyl sites for hydroxylation is 1. The number of hydrogen-bond acceptors (Lipinski definition) is 5. The van der Waals surface area contributed by atoms with Gasteiger partial charge in [0.2, 0.25) is 0 Å². The predicted octanol–water partition coefficient (Wildman–Crippen LogP) is 5.14. The van der Waals surface area contributed by atoms with Gasteiger partial charge in [0.05, 0.1) is 10.6 Å². The van der Waals surface area contributed by atoms with Crippen LogP contribution in [0.15, 0.2) is 28.7 Å². The monoisotopic (exact) mass is 400 g/mol. The predicted molar refractivity (Wildman–Crippen MR) is 111 cm³/mol. The molecule has 0 N–H and O–H groups in total. The summed E-state index contributed by atoms with van der Waals surface area (Å²) in [4.78, 5) is 14.0. The van der Waals surface area contributed by atoms with E-state index in [4.69, 9.17) is 0 Å². The zero-order valence-electron chi connectivity index (χ0n) is 15.9. The zero-order valence-corrected chi connectivity index (χ0v) is 17.6. The van der Waals surface area contributed by atoms with Gasteiger partial charge in [0.25, 0.3) is 0 Å². The van der Waals surface area contributed by atoms with Crippen LogP contribution in [0.4, 0.5) is 0 Å². The van der Waals surface area contributed by atoms with Gasteiger partial charge < -0.3 is 4.57 Å². The molecule has 1 aliphatic rings. The summed E-state index contributed by atoms with van der Waals surface area (Å²) in [5, 5.41) is 11.7. The van der Waals surface area contributed by atoms with E-state index >= 15 is 0 Å². The Kier molecular flexibility index (Phi) is 5.23. The van der Waals surface area contributed by atoms with Crippen molar-refractivity contribution in [2.24, 2.45) is 0 Å². The van der Waals surface area contributed by atoms with E-state index in [2.05, 4.69) is 44.6 Å². The van der Waals surface area contributed by atoms with E-state index in [-0.39, 0.29) is 5.78 Å². The number of carbonyl (C=O) groups excluding carboxylic acids is 1. The Balaban J connectivity index is 1.53. The summed E-state index contributed by atoms with van der Waals surface area (Å²) in [7, 11) is 0. The van der Waals surface area contributed by atoms with E-state index in [9.17, 15) is 4.79 Å². The lowest BCUT2D eigenvalue weighted by atomic mass is 10.2. The molecule has 0 spiro atoms. The molecule has 0 atom stereocenters. The zero-order chi connectivity index (χ0) is 19.0. The highest BCUT2D eigenvalue weighted by Gasteiger charge is 2.30. The minimum atomic E-state index is 0.165. The van der Waals surface area contributed by atoms with Crippen molar-refractivity contribution in [2.45, 2.75) is 57.8 Å².